The number of nitrogens with two attached hydrogens (primary N) is 1. The Morgan fingerprint density at radius 2 is 2.25 bits per heavy atom. The molecule has 5 heteroatoms. The third-order valence-corrected chi connectivity index (χ3v) is 2.38. The van der Waals surface area contributed by atoms with Gasteiger partial charge in [0.2, 0.25) is 0 Å². The fourth-order valence-electron chi connectivity index (χ4n) is 1.59. The lowest BCUT2D eigenvalue weighted by Crippen LogP contribution is -2.31. The van der Waals surface area contributed by atoms with Crippen molar-refractivity contribution in [1.82, 2.24) is 4.98 Å². The van der Waals surface area contributed by atoms with Crippen molar-refractivity contribution >= 4 is 17.5 Å². The van der Waals surface area contributed by atoms with Crippen LogP contribution in [0.2, 0.25) is 0 Å². The number of aromatic carboxylic acids is 1. The Balaban J connectivity index is 3.11. The van der Waals surface area contributed by atoms with E-state index in [0.29, 0.717) is 11.5 Å². The molecule has 3 N–H and O–H groups in total. The molecular weight excluding hydrogens is 206 g/mol. The zero-order chi connectivity index (χ0) is 12.3. The number of carboxylic acid groups (broad SMARTS) is 1. The standard InChI is InChI=1S/C11H17N3O2/c1-4-14(7(2)3)10-9(12)5-8(6-13-10)11(15)16/h5-7H,4,12H2,1-3H3,(H,15,16). The molecule has 0 fully saturated rings. The molecule has 0 atom stereocenters. The molecule has 0 bridgehead atoms. The summed E-state index contributed by atoms with van der Waals surface area (Å²) in [6.07, 6.45) is 1.33. The van der Waals surface area contributed by atoms with Gasteiger partial charge < -0.3 is 15.7 Å². The van der Waals surface area contributed by atoms with Crippen LogP contribution in [0.4, 0.5) is 11.5 Å². The molecule has 0 aromatic carbocycles. The molecule has 88 valence electrons. The minimum absolute atomic E-state index is 0.112. The van der Waals surface area contributed by atoms with Gasteiger partial charge >= 0.3 is 5.97 Å². The number of anilines is 2. The Kier molecular flexibility index (Phi) is 3.71. The Hall–Kier alpha value is -1.78. The summed E-state index contributed by atoms with van der Waals surface area (Å²) in [6.45, 7) is 6.86. The average molecular weight is 223 g/mol. The van der Waals surface area contributed by atoms with E-state index in [2.05, 4.69) is 4.98 Å². The van der Waals surface area contributed by atoms with Crippen LogP contribution in [-0.4, -0.2) is 28.6 Å². The molecule has 0 aliphatic rings. The molecular formula is C11H17N3O2. The summed E-state index contributed by atoms with van der Waals surface area (Å²) in [6, 6.07) is 1.71. The van der Waals surface area contributed by atoms with E-state index >= 15 is 0 Å². The molecule has 0 amide bonds. The summed E-state index contributed by atoms with van der Waals surface area (Å²) >= 11 is 0. The molecule has 0 saturated heterocycles. The largest absolute Gasteiger partial charge is 0.478 e. The zero-order valence-corrected chi connectivity index (χ0v) is 9.77. The summed E-state index contributed by atoms with van der Waals surface area (Å²) in [7, 11) is 0. The molecule has 1 rings (SSSR count). The predicted molar refractivity (Wildman–Crippen MR) is 63.8 cm³/mol. The van der Waals surface area contributed by atoms with Gasteiger partial charge in [-0.25, -0.2) is 9.78 Å². The Morgan fingerprint density at radius 3 is 2.62 bits per heavy atom. The molecule has 0 aliphatic carbocycles. The summed E-state index contributed by atoms with van der Waals surface area (Å²) in [5.74, 6) is -0.374. The maximum atomic E-state index is 10.7. The molecule has 1 aromatic heterocycles. The lowest BCUT2D eigenvalue weighted by Gasteiger charge is -2.27. The van der Waals surface area contributed by atoms with E-state index in [-0.39, 0.29) is 11.6 Å². The third-order valence-electron chi connectivity index (χ3n) is 2.38. The van der Waals surface area contributed by atoms with Crippen LogP contribution in [0.1, 0.15) is 31.1 Å². The number of rotatable bonds is 4. The maximum absolute atomic E-state index is 10.7. The quantitative estimate of drug-likeness (QED) is 0.810. The first-order valence-electron chi connectivity index (χ1n) is 5.22. The number of aromatic nitrogens is 1. The van der Waals surface area contributed by atoms with E-state index in [4.69, 9.17) is 10.8 Å². The SMILES string of the molecule is CCN(c1ncc(C(=O)O)cc1N)C(C)C. The highest BCUT2D eigenvalue weighted by atomic mass is 16.4. The van der Waals surface area contributed by atoms with Crippen molar-refractivity contribution in [2.75, 3.05) is 17.2 Å². The first-order chi connectivity index (χ1) is 7.47. The van der Waals surface area contributed by atoms with E-state index in [1.165, 1.54) is 12.3 Å². The number of nitrogens with zero attached hydrogens (tertiary/aromatic N) is 2. The number of carbonyl (C=O) groups is 1. The topological polar surface area (TPSA) is 79.5 Å². The first kappa shape index (κ1) is 12.3. The summed E-state index contributed by atoms with van der Waals surface area (Å²) in [4.78, 5) is 16.9. The van der Waals surface area contributed by atoms with Gasteiger partial charge in [0, 0.05) is 18.8 Å². The number of nitrogen functional groups attached to an aromatic ring is 1. The summed E-state index contributed by atoms with van der Waals surface area (Å²) < 4.78 is 0. The Bertz CT molecular complexity index is 391. The van der Waals surface area contributed by atoms with Crippen LogP contribution in [-0.2, 0) is 0 Å². The summed E-state index contributed by atoms with van der Waals surface area (Å²) in [5.41, 5.74) is 6.32. The monoisotopic (exact) mass is 223 g/mol. The molecule has 1 heterocycles. The number of hydrogen-bond donors (Lipinski definition) is 2. The van der Waals surface area contributed by atoms with Gasteiger partial charge in [0.05, 0.1) is 11.3 Å². The number of pyridine rings is 1. The van der Waals surface area contributed by atoms with Crippen LogP contribution in [0.3, 0.4) is 0 Å². The van der Waals surface area contributed by atoms with Crippen LogP contribution in [0.25, 0.3) is 0 Å². The lowest BCUT2D eigenvalue weighted by molar-refractivity contribution is 0.0696. The summed E-state index contributed by atoms with van der Waals surface area (Å²) in [5, 5.41) is 8.80. The molecule has 1 aromatic rings. The van der Waals surface area contributed by atoms with Crippen molar-refractivity contribution < 1.29 is 9.90 Å². The van der Waals surface area contributed by atoms with Crippen LogP contribution < -0.4 is 10.6 Å². The van der Waals surface area contributed by atoms with Crippen molar-refractivity contribution in [3.63, 3.8) is 0 Å². The van der Waals surface area contributed by atoms with Crippen LogP contribution in [0.5, 0.6) is 0 Å². The van der Waals surface area contributed by atoms with Crippen LogP contribution >= 0.6 is 0 Å². The Morgan fingerprint density at radius 1 is 1.62 bits per heavy atom. The van der Waals surface area contributed by atoms with Gasteiger partial charge in [0.15, 0.2) is 5.82 Å². The highest BCUT2D eigenvalue weighted by Gasteiger charge is 2.14. The molecule has 0 spiro atoms. The van der Waals surface area contributed by atoms with Gasteiger partial charge in [0.25, 0.3) is 0 Å². The fourth-order valence-corrected chi connectivity index (χ4v) is 1.59. The van der Waals surface area contributed by atoms with E-state index in [1.807, 2.05) is 25.7 Å². The van der Waals surface area contributed by atoms with Crippen molar-refractivity contribution in [3.05, 3.63) is 17.8 Å². The maximum Gasteiger partial charge on any atom is 0.337 e. The van der Waals surface area contributed by atoms with Crippen molar-refractivity contribution in [1.29, 1.82) is 0 Å². The first-order valence-corrected chi connectivity index (χ1v) is 5.22. The highest BCUT2D eigenvalue weighted by molar-refractivity contribution is 5.89. The fraction of sp³-hybridized carbons (Fsp3) is 0.455. The number of carboxylic acids is 1. The van der Waals surface area contributed by atoms with Crippen molar-refractivity contribution in [3.8, 4) is 0 Å². The number of hydrogen-bond acceptors (Lipinski definition) is 4. The van der Waals surface area contributed by atoms with Gasteiger partial charge in [-0.2, -0.15) is 0 Å². The van der Waals surface area contributed by atoms with Gasteiger partial charge in [-0.15, -0.1) is 0 Å². The second kappa shape index (κ2) is 4.83. The minimum Gasteiger partial charge on any atom is -0.478 e. The van der Waals surface area contributed by atoms with E-state index in [9.17, 15) is 4.79 Å². The van der Waals surface area contributed by atoms with Crippen LogP contribution in [0, 0.1) is 0 Å². The van der Waals surface area contributed by atoms with E-state index in [1.54, 1.807) is 0 Å². The van der Waals surface area contributed by atoms with Gasteiger partial charge in [-0.05, 0) is 26.8 Å². The van der Waals surface area contributed by atoms with Gasteiger partial charge in [-0.1, -0.05) is 0 Å². The van der Waals surface area contributed by atoms with E-state index < -0.39 is 5.97 Å². The van der Waals surface area contributed by atoms with Crippen molar-refractivity contribution in [2.24, 2.45) is 0 Å². The predicted octanol–water partition coefficient (Wildman–Crippen LogP) is 1.60. The Labute approximate surface area is 94.9 Å². The molecule has 16 heavy (non-hydrogen) atoms. The highest BCUT2D eigenvalue weighted by Crippen LogP contribution is 2.22. The zero-order valence-electron chi connectivity index (χ0n) is 9.77. The molecule has 0 saturated carbocycles. The smallest absolute Gasteiger partial charge is 0.337 e. The molecule has 0 aliphatic heterocycles. The van der Waals surface area contributed by atoms with E-state index in [0.717, 1.165) is 6.54 Å². The van der Waals surface area contributed by atoms with Gasteiger partial charge in [-0.3, -0.25) is 0 Å². The van der Waals surface area contributed by atoms with Crippen LogP contribution in [0.15, 0.2) is 12.3 Å². The lowest BCUT2D eigenvalue weighted by atomic mass is 10.2. The van der Waals surface area contributed by atoms with Crippen molar-refractivity contribution in [2.45, 2.75) is 26.8 Å². The minimum atomic E-state index is -1.02. The molecule has 0 radical (unpaired) electrons. The second-order valence-corrected chi connectivity index (χ2v) is 3.82. The average Bonchev–Trinajstić information content (AvgIpc) is 2.20. The normalized spacial score (nSPS) is 10.5. The third kappa shape index (κ3) is 2.42. The van der Waals surface area contributed by atoms with Gasteiger partial charge in [0.1, 0.15) is 0 Å². The molecule has 5 nitrogen and oxygen atoms in total. The molecule has 0 unspecified atom stereocenters. The second-order valence-electron chi connectivity index (χ2n) is 3.82.